The first-order valence-electron chi connectivity index (χ1n) is 10.4. The van der Waals surface area contributed by atoms with Gasteiger partial charge >= 0.3 is 0 Å². The topological polar surface area (TPSA) is 80.5 Å². The Bertz CT molecular complexity index is 1180. The largest absolute Gasteiger partial charge is 0.485 e. The Labute approximate surface area is 199 Å². The third-order valence-electron chi connectivity index (χ3n) is 5.34. The number of ether oxygens (including phenoxy) is 1. The first kappa shape index (κ1) is 23.4. The van der Waals surface area contributed by atoms with Crippen LogP contribution >= 0.6 is 22.9 Å². The summed E-state index contributed by atoms with van der Waals surface area (Å²) in [6.45, 7) is 5.10. The molecule has 1 fully saturated rings. The Balaban J connectivity index is 1.52. The lowest BCUT2D eigenvalue weighted by Crippen LogP contribution is -2.55. The second-order valence-electron chi connectivity index (χ2n) is 8.06. The lowest BCUT2D eigenvalue weighted by molar-refractivity contribution is 0.0678. The van der Waals surface area contributed by atoms with Crippen LogP contribution < -0.4 is 15.8 Å². The molecule has 0 spiro atoms. The number of aromatic nitrogens is 1. The van der Waals surface area contributed by atoms with E-state index in [0.717, 1.165) is 17.0 Å². The van der Waals surface area contributed by atoms with Crippen molar-refractivity contribution in [2.45, 2.75) is 32.5 Å². The first-order valence-corrected chi connectivity index (χ1v) is 11.6. The van der Waals surface area contributed by atoms with E-state index in [1.807, 2.05) is 11.0 Å². The molecule has 0 bridgehead atoms. The van der Waals surface area contributed by atoms with Gasteiger partial charge in [0.15, 0.2) is 11.6 Å². The van der Waals surface area contributed by atoms with E-state index in [-0.39, 0.29) is 46.8 Å². The second-order valence-corrected chi connectivity index (χ2v) is 9.52. The molecule has 33 heavy (non-hydrogen) atoms. The SMILES string of the molecule is C[C@@H]1CN(C(=O)c2ccc(-c3cnc(N)c(OCc4c(F)ccc(F)c4Cl)c3)s2)C[C@H](C)N1. The van der Waals surface area contributed by atoms with Gasteiger partial charge in [-0.1, -0.05) is 11.6 Å². The molecular formula is C23H23ClF2N4O2S. The molecule has 4 rings (SSSR count). The van der Waals surface area contributed by atoms with Gasteiger partial charge in [-0.25, -0.2) is 13.8 Å². The van der Waals surface area contributed by atoms with Crippen molar-refractivity contribution >= 4 is 34.7 Å². The minimum atomic E-state index is -0.736. The number of hydrogen-bond donors (Lipinski definition) is 2. The summed E-state index contributed by atoms with van der Waals surface area (Å²) in [6.07, 6.45) is 1.58. The van der Waals surface area contributed by atoms with Crippen LogP contribution in [-0.4, -0.2) is 41.0 Å². The Kier molecular flexibility index (Phi) is 6.83. The molecule has 3 heterocycles. The molecule has 1 aliphatic heterocycles. The average molecular weight is 493 g/mol. The van der Waals surface area contributed by atoms with Crippen LogP contribution in [0.4, 0.5) is 14.6 Å². The number of anilines is 1. The fourth-order valence-electron chi connectivity index (χ4n) is 3.81. The molecule has 1 aromatic carbocycles. The molecule has 3 N–H and O–H groups in total. The molecular weight excluding hydrogens is 470 g/mol. The highest BCUT2D eigenvalue weighted by molar-refractivity contribution is 7.17. The van der Waals surface area contributed by atoms with Crippen molar-refractivity contribution in [3.05, 3.63) is 63.6 Å². The summed E-state index contributed by atoms with van der Waals surface area (Å²) in [5.41, 5.74) is 6.50. The Morgan fingerprint density at radius 1 is 1.24 bits per heavy atom. The van der Waals surface area contributed by atoms with Gasteiger partial charge in [0, 0.05) is 47.4 Å². The minimum absolute atomic E-state index is 0.0115. The lowest BCUT2D eigenvalue weighted by atomic mass is 10.1. The quantitative estimate of drug-likeness (QED) is 0.503. The van der Waals surface area contributed by atoms with E-state index in [2.05, 4.69) is 24.1 Å². The number of carbonyl (C=O) groups is 1. The van der Waals surface area contributed by atoms with E-state index in [1.165, 1.54) is 11.3 Å². The van der Waals surface area contributed by atoms with Crippen LogP contribution in [0.3, 0.4) is 0 Å². The molecule has 1 amide bonds. The Morgan fingerprint density at radius 2 is 1.94 bits per heavy atom. The highest BCUT2D eigenvalue weighted by atomic mass is 35.5. The molecule has 6 nitrogen and oxygen atoms in total. The predicted molar refractivity (Wildman–Crippen MR) is 126 cm³/mol. The van der Waals surface area contributed by atoms with Crippen molar-refractivity contribution in [1.29, 1.82) is 0 Å². The number of piperazine rings is 1. The van der Waals surface area contributed by atoms with E-state index in [1.54, 1.807) is 18.3 Å². The van der Waals surface area contributed by atoms with Crippen molar-refractivity contribution in [1.82, 2.24) is 15.2 Å². The number of carbonyl (C=O) groups excluding carboxylic acids is 1. The fourth-order valence-corrected chi connectivity index (χ4v) is 4.98. The van der Waals surface area contributed by atoms with E-state index in [0.29, 0.717) is 23.5 Å². The number of thiophene rings is 1. The Morgan fingerprint density at radius 3 is 2.67 bits per heavy atom. The normalized spacial score (nSPS) is 18.4. The number of nitrogens with one attached hydrogen (secondary N) is 1. The summed E-state index contributed by atoms with van der Waals surface area (Å²) in [5, 5.41) is 3.08. The molecule has 0 radical (unpaired) electrons. The first-order chi connectivity index (χ1) is 15.7. The number of rotatable bonds is 5. The smallest absolute Gasteiger partial charge is 0.264 e. The van der Waals surface area contributed by atoms with Crippen molar-refractivity contribution < 1.29 is 18.3 Å². The molecule has 0 saturated carbocycles. The molecule has 1 aliphatic rings. The number of halogens is 3. The highest BCUT2D eigenvalue weighted by Gasteiger charge is 2.26. The number of hydrogen-bond acceptors (Lipinski definition) is 6. The molecule has 3 aromatic rings. The fraction of sp³-hybridized carbons (Fsp3) is 0.304. The molecule has 174 valence electrons. The summed E-state index contributed by atoms with van der Waals surface area (Å²) >= 11 is 7.21. The number of benzene rings is 1. The predicted octanol–water partition coefficient (Wildman–Crippen LogP) is 4.73. The summed E-state index contributed by atoms with van der Waals surface area (Å²) in [5.74, 6) is -1.12. The maximum Gasteiger partial charge on any atom is 0.264 e. The van der Waals surface area contributed by atoms with Crippen LogP contribution in [0.15, 0.2) is 36.5 Å². The third kappa shape index (κ3) is 5.10. The van der Waals surface area contributed by atoms with Crippen molar-refractivity contribution in [3.8, 4) is 16.2 Å². The third-order valence-corrected chi connectivity index (χ3v) is 6.87. The van der Waals surface area contributed by atoms with E-state index in [9.17, 15) is 13.6 Å². The van der Waals surface area contributed by atoms with E-state index in [4.69, 9.17) is 22.1 Å². The van der Waals surface area contributed by atoms with Gasteiger partial charge in [0.1, 0.15) is 18.2 Å². The summed E-state index contributed by atoms with van der Waals surface area (Å²) < 4.78 is 33.3. The molecule has 10 heteroatoms. The van der Waals surface area contributed by atoms with E-state index < -0.39 is 11.6 Å². The van der Waals surface area contributed by atoms with Crippen LogP contribution in [0.2, 0.25) is 5.02 Å². The van der Waals surface area contributed by atoms with Crippen LogP contribution in [-0.2, 0) is 6.61 Å². The van der Waals surface area contributed by atoms with Crippen LogP contribution in [0.1, 0.15) is 29.1 Å². The zero-order valence-corrected chi connectivity index (χ0v) is 19.6. The summed E-state index contributed by atoms with van der Waals surface area (Å²) in [7, 11) is 0. The summed E-state index contributed by atoms with van der Waals surface area (Å²) in [6, 6.07) is 7.69. The lowest BCUT2D eigenvalue weighted by Gasteiger charge is -2.35. The van der Waals surface area contributed by atoms with Gasteiger partial charge in [-0.2, -0.15) is 0 Å². The molecule has 0 aliphatic carbocycles. The van der Waals surface area contributed by atoms with Crippen LogP contribution in [0, 0.1) is 11.6 Å². The number of nitrogen functional groups attached to an aromatic ring is 1. The van der Waals surface area contributed by atoms with Gasteiger partial charge in [0.05, 0.1) is 9.90 Å². The highest BCUT2D eigenvalue weighted by Crippen LogP contribution is 2.33. The van der Waals surface area contributed by atoms with Gasteiger partial charge in [-0.3, -0.25) is 4.79 Å². The zero-order valence-electron chi connectivity index (χ0n) is 18.1. The maximum atomic E-state index is 14.0. The minimum Gasteiger partial charge on any atom is -0.485 e. The number of amides is 1. The van der Waals surface area contributed by atoms with Crippen LogP contribution in [0.5, 0.6) is 5.75 Å². The Hall–Kier alpha value is -2.75. The van der Waals surface area contributed by atoms with Gasteiger partial charge < -0.3 is 20.7 Å². The number of nitrogens with zero attached hydrogens (tertiary/aromatic N) is 2. The molecule has 2 aromatic heterocycles. The zero-order chi connectivity index (χ0) is 23.7. The van der Waals surface area contributed by atoms with Gasteiger partial charge in [-0.05, 0) is 44.2 Å². The van der Waals surface area contributed by atoms with Gasteiger partial charge in [0.25, 0.3) is 5.91 Å². The van der Waals surface area contributed by atoms with Crippen molar-refractivity contribution in [2.24, 2.45) is 0 Å². The van der Waals surface area contributed by atoms with Crippen molar-refractivity contribution in [2.75, 3.05) is 18.8 Å². The molecule has 2 atom stereocenters. The van der Waals surface area contributed by atoms with Crippen LogP contribution in [0.25, 0.3) is 10.4 Å². The summed E-state index contributed by atoms with van der Waals surface area (Å²) in [4.78, 5) is 20.4. The number of nitrogens with two attached hydrogens (primary N) is 1. The van der Waals surface area contributed by atoms with Gasteiger partial charge in [-0.15, -0.1) is 11.3 Å². The van der Waals surface area contributed by atoms with Crippen molar-refractivity contribution in [3.63, 3.8) is 0 Å². The van der Waals surface area contributed by atoms with E-state index >= 15 is 0 Å². The average Bonchev–Trinajstić information content (AvgIpc) is 3.26. The molecule has 0 unspecified atom stereocenters. The molecule has 1 saturated heterocycles. The monoisotopic (exact) mass is 492 g/mol. The second kappa shape index (κ2) is 9.62. The number of pyridine rings is 1. The van der Waals surface area contributed by atoms with Gasteiger partial charge in [0.2, 0.25) is 0 Å². The maximum absolute atomic E-state index is 14.0. The standard InChI is InChI=1S/C23H23ClF2N4O2S/c1-12-9-30(10-13(2)29-12)23(31)20-6-5-19(33-20)14-7-18(22(27)28-8-14)32-11-15-16(25)3-4-17(26)21(15)24/h3-8,12-13,29H,9-11H2,1-2H3,(H2,27,28)/t12-,13+.